The van der Waals surface area contributed by atoms with E-state index < -0.39 is 125 Å². The van der Waals surface area contributed by atoms with E-state index in [1.54, 1.807) is 25.1 Å². The van der Waals surface area contributed by atoms with Gasteiger partial charge in [0.1, 0.15) is 62.3 Å². The SMILES string of the molecule is COc1ccccc1[C@H](Cn1c(=O)n(C(C)(C)C(=O)NS(=O)(=O)C(C)(C)Cc2cnc(-c3sc4c(c3C)c(=O)n(C(C)(C)C(=O)NS(=O)(=O)C3CC3)c(=O)n4C[C@H](O[C@@H]3C[C@H]4CC[C@@H](C3)O4)c3cc(F)ccc3OC(F)F)o2)c(=O)c2c(C)c(-c3ncco3)sc21)O[C@@H]1C[C@H]2CC[C@@H](C1)O2. The molecule has 1 saturated carbocycles. The summed E-state index contributed by atoms with van der Waals surface area (Å²) in [6.07, 6.45) is 5.44. The smallest absolute Gasteiger partial charge is 0.387 e. The highest BCUT2D eigenvalue weighted by molar-refractivity contribution is 7.91. The fourth-order valence-electron chi connectivity index (χ4n) is 14.0. The third-order valence-electron chi connectivity index (χ3n) is 19.7. The monoisotopic (exact) mass is 1460 g/mol. The van der Waals surface area contributed by atoms with Gasteiger partial charge in [0, 0.05) is 17.5 Å². The number of thiophene rings is 2. The van der Waals surface area contributed by atoms with Gasteiger partial charge in [-0.15, -0.1) is 22.7 Å². The minimum atomic E-state index is -4.86. The number of benzene rings is 2. The maximum Gasteiger partial charge on any atom is 0.387 e. The summed E-state index contributed by atoms with van der Waals surface area (Å²) in [6, 6.07) is 10.0. The first-order chi connectivity index (χ1) is 47.2. The van der Waals surface area contributed by atoms with Gasteiger partial charge in [0.05, 0.1) is 99.7 Å². The number of para-hydroxylation sites is 1. The summed E-state index contributed by atoms with van der Waals surface area (Å²) in [7, 11) is -7.60. The molecular formula is C67H75F3N8O18S4. The van der Waals surface area contributed by atoms with Crippen molar-refractivity contribution in [1.29, 1.82) is 0 Å². The molecule has 0 radical (unpaired) electrons. The Hall–Kier alpha value is -7.79. The van der Waals surface area contributed by atoms with E-state index in [1.807, 2.05) is 10.8 Å². The van der Waals surface area contributed by atoms with Gasteiger partial charge >= 0.3 is 18.0 Å². The standard InChI is InChI=1S/C67H75F3N8O18S4/c1-33-50-56(79)78(63(83)75(58(50)97-52(33)54-71-22-23-90-54)31-48(44-12-10-11-13-46(44)89-9)93-40-25-36-15-16-37(26-40)91-36)67(7,8)61(82)74-100(87,88)65(3,4)29-42-30-72-55(95-42)53-34(2)51-57(80)77(66(5,6)60(81)73-99(85,86)43-19-20-43)64(84)76(59(51)98-53)32-49(94-41-27-38-17-18-39(28-41)92-38)45-24-35(68)14-21-47(45)96-62(69)70/h10-14,21-24,30,36-41,43,48-49,62H,15-20,25-29,31-32H2,1-9H3,(H,73,81)(H,74,82)/t36-,37+,38-,39+,40-,41-,48-,49-/m0/s1. The Bertz CT molecular complexity index is 5010. The van der Waals surface area contributed by atoms with Gasteiger partial charge < -0.3 is 37.3 Å². The second kappa shape index (κ2) is 26.5. The van der Waals surface area contributed by atoms with Gasteiger partial charge in [-0.3, -0.25) is 37.8 Å². The van der Waals surface area contributed by atoms with E-state index in [-0.39, 0.29) is 104 Å². The maximum atomic E-state index is 15.5. The number of carbonyl (C=O) groups excluding carboxylic acids is 2. The van der Waals surface area contributed by atoms with Gasteiger partial charge in [0.2, 0.25) is 31.8 Å². The summed E-state index contributed by atoms with van der Waals surface area (Å²) in [4.78, 5) is 99.7. The van der Waals surface area contributed by atoms with Crippen LogP contribution in [0.2, 0.25) is 0 Å². The summed E-state index contributed by atoms with van der Waals surface area (Å²) in [5, 5.41) is -1.05. The van der Waals surface area contributed by atoms with E-state index >= 15 is 23.6 Å². The normalized spacial score (nSPS) is 21.1. The van der Waals surface area contributed by atoms with Crippen molar-refractivity contribution >= 4 is 75.0 Å². The minimum absolute atomic E-state index is 0.00907. The number of carbonyl (C=O) groups is 2. The summed E-state index contributed by atoms with van der Waals surface area (Å²) in [6.45, 7) is 6.33. The Labute approximate surface area is 578 Å². The number of hydrogen-bond donors (Lipinski definition) is 2. The molecule has 6 aromatic heterocycles. The minimum Gasteiger partial charge on any atom is -0.496 e. The Morgan fingerprint density at radius 2 is 1.19 bits per heavy atom. The molecule has 8 atom stereocenters. The molecule has 33 heteroatoms. The van der Waals surface area contributed by atoms with Gasteiger partial charge in [-0.2, -0.15) is 8.78 Å². The molecule has 8 aromatic rings. The van der Waals surface area contributed by atoms with E-state index in [1.165, 1.54) is 78.8 Å². The van der Waals surface area contributed by atoms with Crippen LogP contribution < -0.4 is 41.4 Å². The van der Waals surface area contributed by atoms with Gasteiger partial charge in [0.25, 0.3) is 22.9 Å². The van der Waals surface area contributed by atoms with E-state index in [0.29, 0.717) is 64.8 Å². The number of hydrogen-bond acceptors (Lipinski definition) is 22. The van der Waals surface area contributed by atoms with Crippen LogP contribution in [-0.4, -0.2) is 117 Å². The molecule has 4 saturated heterocycles. The number of sulfonamides is 2. The van der Waals surface area contributed by atoms with Crippen molar-refractivity contribution < 1.29 is 76.9 Å². The number of fused-ring (bicyclic) bond motifs is 6. The Kier molecular flexibility index (Phi) is 18.8. The topological polar surface area (TPSA) is 322 Å². The van der Waals surface area contributed by atoms with Crippen LogP contribution in [0.25, 0.3) is 42.0 Å². The fraction of sp³-hybridized carbons (Fsp3) is 0.522. The van der Waals surface area contributed by atoms with Crippen molar-refractivity contribution in [1.82, 2.24) is 37.7 Å². The third-order valence-corrected chi connectivity index (χ3v) is 26.2. The van der Waals surface area contributed by atoms with Gasteiger partial charge in [-0.25, -0.2) is 49.9 Å². The predicted molar refractivity (Wildman–Crippen MR) is 360 cm³/mol. The summed E-state index contributed by atoms with van der Waals surface area (Å²) >= 11 is 1.88. The number of amides is 2. The van der Waals surface area contributed by atoms with Crippen LogP contribution in [0.1, 0.15) is 146 Å². The lowest BCUT2D eigenvalue weighted by molar-refractivity contribution is -0.127. The van der Waals surface area contributed by atoms with Crippen LogP contribution in [0.5, 0.6) is 11.5 Å². The molecule has 5 aliphatic rings. The number of alkyl halides is 2. The molecule has 4 bridgehead atoms. The molecule has 536 valence electrons. The summed E-state index contributed by atoms with van der Waals surface area (Å²) < 4.78 is 154. The van der Waals surface area contributed by atoms with E-state index in [2.05, 4.69) is 14.7 Å². The quantitative estimate of drug-likeness (QED) is 0.0539. The molecule has 10 heterocycles. The summed E-state index contributed by atoms with van der Waals surface area (Å²) in [5.41, 5.74) is -7.75. The molecule has 1 aliphatic carbocycles. The van der Waals surface area contributed by atoms with Crippen LogP contribution in [0.15, 0.2) is 89.1 Å². The molecule has 2 aromatic carbocycles. The van der Waals surface area contributed by atoms with E-state index in [9.17, 15) is 35.2 Å². The number of nitrogens with zero attached hydrogens (tertiary/aromatic N) is 6. The average molecular weight is 1470 g/mol. The molecule has 100 heavy (non-hydrogen) atoms. The van der Waals surface area contributed by atoms with Crippen molar-refractivity contribution in [2.24, 2.45) is 0 Å². The number of nitrogens with one attached hydrogen (secondary N) is 2. The number of ether oxygens (including phenoxy) is 6. The number of oxazole rings is 2. The molecule has 13 rings (SSSR count). The average Bonchev–Trinajstić information content (AvgIpc) is 1.48. The second-order valence-corrected chi connectivity index (χ2v) is 34.1. The van der Waals surface area contributed by atoms with Crippen LogP contribution >= 0.6 is 22.7 Å². The molecule has 2 amide bonds. The lowest BCUT2D eigenvalue weighted by Gasteiger charge is -2.33. The third kappa shape index (κ3) is 13.2. The number of aryl methyl sites for hydroxylation is 2. The number of aromatic nitrogens is 6. The van der Waals surface area contributed by atoms with Crippen LogP contribution in [0.3, 0.4) is 0 Å². The zero-order chi connectivity index (χ0) is 71.4. The second-order valence-electron chi connectivity index (χ2n) is 27.8. The largest absolute Gasteiger partial charge is 0.496 e. The zero-order valence-electron chi connectivity index (χ0n) is 56.0. The van der Waals surface area contributed by atoms with E-state index in [4.69, 9.17) is 37.3 Å². The Morgan fingerprint density at radius 3 is 1.69 bits per heavy atom. The Morgan fingerprint density at radius 1 is 0.680 bits per heavy atom. The zero-order valence-corrected chi connectivity index (χ0v) is 59.3. The number of methoxy groups -OCH3 is 1. The molecular weight excluding hydrogens is 1390 g/mol. The van der Waals surface area contributed by atoms with E-state index in [0.717, 1.165) is 62.8 Å². The molecule has 0 spiro atoms. The van der Waals surface area contributed by atoms with Gasteiger partial charge in [-0.05, 0) is 155 Å². The maximum absolute atomic E-state index is 15.5. The highest BCUT2D eigenvalue weighted by Crippen LogP contribution is 2.44. The van der Waals surface area contributed by atoms with Crippen LogP contribution in [0, 0.1) is 19.7 Å². The Balaban J connectivity index is 0.839. The van der Waals surface area contributed by atoms with Gasteiger partial charge in [0.15, 0.2) is 0 Å². The molecule has 4 aliphatic heterocycles. The first kappa shape index (κ1) is 70.6. The fourth-order valence-corrected chi connectivity index (χ4v) is 19.0. The van der Waals surface area contributed by atoms with Gasteiger partial charge in [-0.1, -0.05) is 18.2 Å². The van der Waals surface area contributed by atoms with Crippen LogP contribution in [-0.2, 0) is 79.2 Å². The first-order valence-corrected chi connectivity index (χ1v) is 37.5. The number of halogens is 3. The van der Waals surface area contributed by atoms with Crippen LogP contribution in [0.4, 0.5) is 13.2 Å². The molecule has 0 unspecified atom stereocenters. The van der Waals surface area contributed by atoms with Crippen molar-refractivity contribution in [3.8, 4) is 33.0 Å². The molecule has 2 N–H and O–H groups in total. The first-order valence-electron chi connectivity index (χ1n) is 32.8. The molecule has 26 nitrogen and oxygen atoms in total. The number of rotatable bonds is 25. The highest BCUT2D eigenvalue weighted by Gasteiger charge is 2.47. The van der Waals surface area contributed by atoms with Crippen molar-refractivity contribution in [2.45, 2.75) is 216 Å². The molecule has 5 fully saturated rings. The lowest BCUT2D eigenvalue weighted by atomic mass is 10.0. The van der Waals surface area contributed by atoms with Crippen molar-refractivity contribution in [3.05, 3.63) is 137 Å². The predicted octanol–water partition coefficient (Wildman–Crippen LogP) is 8.92. The lowest BCUT2D eigenvalue weighted by Crippen LogP contribution is -2.58. The van der Waals surface area contributed by atoms with Crippen molar-refractivity contribution in [2.75, 3.05) is 7.11 Å². The highest BCUT2D eigenvalue weighted by atomic mass is 32.2. The summed E-state index contributed by atoms with van der Waals surface area (Å²) in [5.74, 6) is -3.49. The van der Waals surface area contributed by atoms with Crippen molar-refractivity contribution in [3.63, 3.8) is 0 Å².